The van der Waals surface area contributed by atoms with Gasteiger partial charge in [-0.1, -0.05) is 19.8 Å². The van der Waals surface area contributed by atoms with E-state index >= 15 is 0 Å². The average molecular weight is 226 g/mol. The van der Waals surface area contributed by atoms with Crippen molar-refractivity contribution in [2.75, 3.05) is 26.2 Å². The van der Waals surface area contributed by atoms with Crippen LogP contribution in [0.3, 0.4) is 0 Å². The van der Waals surface area contributed by atoms with Gasteiger partial charge in [-0.15, -0.1) is 0 Å². The number of nitrogens with two attached hydrogens (primary N) is 1. The van der Waals surface area contributed by atoms with Crippen LogP contribution >= 0.6 is 0 Å². The highest BCUT2D eigenvalue weighted by molar-refractivity contribution is 4.80. The summed E-state index contributed by atoms with van der Waals surface area (Å²) in [6.07, 6.45) is 6.98. The summed E-state index contributed by atoms with van der Waals surface area (Å²) in [6, 6.07) is 0.409. The molecule has 2 aliphatic rings. The summed E-state index contributed by atoms with van der Waals surface area (Å²) in [4.78, 5) is 2.50. The Morgan fingerprint density at radius 2 is 2.00 bits per heavy atom. The maximum Gasteiger partial charge on any atom is 0.0597 e. The molecule has 3 nitrogen and oxygen atoms in total. The van der Waals surface area contributed by atoms with E-state index in [0.29, 0.717) is 18.1 Å². The van der Waals surface area contributed by atoms with E-state index in [1.165, 1.54) is 25.7 Å². The van der Waals surface area contributed by atoms with Crippen molar-refractivity contribution in [3.8, 4) is 0 Å². The molecule has 3 heteroatoms. The van der Waals surface area contributed by atoms with Gasteiger partial charge in [0.05, 0.1) is 12.7 Å². The van der Waals surface area contributed by atoms with Gasteiger partial charge in [-0.25, -0.2) is 0 Å². The molecule has 2 fully saturated rings. The lowest BCUT2D eigenvalue weighted by Crippen LogP contribution is -2.46. The van der Waals surface area contributed by atoms with Crippen molar-refractivity contribution in [2.24, 2.45) is 11.7 Å². The SMILES string of the molecule is CC1CN(CCOC2CCCC2)CCC1N. The third-order valence-electron chi connectivity index (χ3n) is 4.12. The molecule has 0 bridgehead atoms. The highest BCUT2D eigenvalue weighted by atomic mass is 16.5. The lowest BCUT2D eigenvalue weighted by Gasteiger charge is -2.35. The number of rotatable bonds is 4. The number of ether oxygens (including phenoxy) is 1. The van der Waals surface area contributed by atoms with E-state index in [0.717, 1.165) is 32.7 Å². The van der Waals surface area contributed by atoms with Gasteiger partial charge in [0.1, 0.15) is 0 Å². The molecule has 1 aliphatic heterocycles. The summed E-state index contributed by atoms with van der Waals surface area (Å²) in [5.74, 6) is 0.639. The zero-order valence-electron chi connectivity index (χ0n) is 10.5. The van der Waals surface area contributed by atoms with Gasteiger partial charge in [-0.3, -0.25) is 0 Å². The molecule has 0 radical (unpaired) electrons. The van der Waals surface area contributed by atoms with Crippen LogP contribution in [0.1, 0.15) is 39.0 Å². The van der Waals surface area contributed by atoms with Crippen LogP contribution in [0.15, 0.2) is 0 Å². The molecule has 1 heterocycles. The fourth-order valence-corrected chi connectivity index (χ4v) is 2.86. The molecule has 0 spiro atoms. The standard InChI is InChI=1S/C13H26N2O/c1-11-10-15(7-6-13(11)14)8-9-16-12-4-2-3-5-12/h11-13H,2-10,14H2,1H3. The van der Waals surface area contributed by atoms with Gasteiger partial charge in [0.15, 0.2) is 0 Å². The van der Waals surface area contributed by atoms with E-state index in [4.69, 9.17) is 10.5 Å². The van der Waals surface area contributed by atoms with E-state index in [1.807, 2.05) is 0 Å². The second kappa shape index (κ2) is 5.99. The molecule has 2 atom stereocenters. The van der Waals surface area contributed by atoms with Crippen LogP contribution in [-0.2, 0) is 4.74 Å². The van der Waals surface area contributed by atoms with Crippen LogP contribution in [0.2, 0.25) is 0 Å². The zero-order chi connectivity index (χ0) is 11.4. The van der Waals surface area contributed by atoms with Crippen LogP contribution in [0, 0.1) is 5.92 Å². The number of hydrogen-bond acceptors (Lipinski definition) is 3. The molecule has 2 unspecified atom stereocenters. The summed E-state index contributed by atoms with van der Waals surface area (Å²) >= 11 is 0. The van der Waals surface area contributed by atoms with Gasteiger partial charge in [-0.05, 0) is 31.7 Å². The maximum absolute atomic E-state index is 6.01. The molecule has 1 saturated carbocycles. The molecule has 1 aliphatic carbocycles. The van der Waals surface area contributed by atoms with Crippen molar-refractivity contribution in [3.63, 3.8) is 0 Å². The molecular weight excluding hydrogens is 200 g/mol. The summed E-state index contributed by atoms with van der Waals surface area (Å²) in [5.41, 5.74) is 6.01. The van der Waals surface area contributed by atoms with E-state index in [1.54, 1.807) is 0 Å². The monoisotopic (exact) mass is 226 g/mol. The Balaban J connectivity index is 1.59. The molecule has 1 saturated heterocycles. The predicted octanol–water partition coefficient (Wildman–Crippen LogP) is 1.61. The predicted molar refractivity (Wildman–Crippen MR) is 66.4 cm³/mol. The molecular formula is C13H26N2O. The van der Waals surface area contributed by atoms with Gasteiger partial charge >= 0.3 is 0 Å². The second-order valence-electron chi connectivity index (χ2n) is 5.51. The molecule has 2 N–H and O–H groups in total. The van der Waals surface area contributed by atoms with Gasteiger partial charge in [0, 0.05) is 19.1 Å². The summed E-state index contributed by atoms with van der Waals surface area (Å²) in [5, 5.41) is 0. The summed E-state index contributed by atoms with van der Waals surface area (Å²) in [7, 11) is 0. The molecule has 16 heavy (non-hydrogen) atoms. The first-order chi connectivity index (χ1) is 7.75. The van der Waals surface area contributed by atoms with E-state index in [9.17, 15) is 0 Å². The van der Waals surface area contributed by atoms with E-state index in [-0.39, 0.29) is 0 Å². The Kier molecular flexibility index (Phi) is 4.62. The van der Waals surface area contributed by atoms with Crippen LogP contribution in [0.4, 0.5) is 0 Å². The fourth-order valence-electron chi connectivity index (χ4n) is 2.86. The average Bonchev–Trinajstić information content (AvgIpc) is 2.76. The number of likely N-dealkylation sites (tertiary alicyclic amines) is 1. The first kappa shape index (κ1) is 12.3. The van der Waals surface area contributed by atoms with Crippen molar-refractivity contribution in [1.82, 2.24) is 4.90 Å². The minimum atomic E-state index is 0.409. The first-order valence-electron chi connectivity index (χ1n) is 6.85. The smallest absolute Gasteiger partial charge is 0.0597 e. The first-order valence-corrected chi connectivity index (χ1v) is 6.85. The highest BCUT2D eigenvalue weighted by Gasteiger charge is 2.23. The van der Waals surface area contributed by atoms with Crippen molar-refractivity contribution >= 4 is 0 Å². The van der Waals surface area contributed by atoms with Gasteiger partial charge in [0.25, 0.3) is 0 Å². The van der Waals surface area contributed by atoms with E-state index < -0.39 is 0 Å². The summed E-state index contributed by atoms with van der Waals surface area (Å²) in [6.45, 7) is 6.56. The molecule has 2 rings (SSSR count). The van der Waals surface area contributed by atoms with Gasteiger partial charge in [0.2, 0.25) is 0 Å². The van der Waals surface area contributed by atoms with Crippen LogP contribution in [0.25, 0.3) is 0 Å². The van der Waals surface area contributed by atoms with Crippen molar-refractivity contribution < 1.29 is 4.74 Å². The Bertz CT molecular complexity index is 204. The maximum atomic E-state index is 6.01. The summed E-state index contributed by atoms with van der Waals surface area (Å²) < 4.78 is 5.89. The number of hydrogen-bond donors (Lipinski definition) is 1. The van der Waals surface area contributed by atoms with Crippen molar-refractivity contribution in [1.29, 1.82) is 0 Å². The molecule has 0 aromatic rings. The third kappa shape index (κ3) is 3.44. The van der Waals surface area contributed by atoms with Crippen molar-refractivity contribution in [3.05, 3.63) is 0 Å². The molecule has 0 amide bonds. The molecule has 0 aromatic heterocycles. The Hall–Kier alpha value is -0.120. The quantitative estimate of drug-likeness (QED) is 0.791. The lowest BCUT2D eigenvalue weighted by atomic mass is 9.95. The Labute approximate surface area is 99.3 Å². The minimum absolute atomic E-state index is 0.409. The van der Waals surface area contributed by atoms with Gasteiger partial charge < -0.3 is 15.4 Å². The van der Waals surface area contributed by atoms with E-state index in [2.05, 4.69) is 11.8 Å². The third-order valence-corrected chi connectivity index (χ3v) is 4.12. The highest BCUT2D eigenvalue weighted by Crippen LogP contribution is 2.21. The largest absolute Gasteiger partial charge is 0.377 e. The Morgan fingerprint density at radius 1 is 1.25 bits per heavy atom. The van der Waals surface area contributed by atoms with Crippen LogP contribution in [0.5, 0.6) is 0 Å². The fraction of sp³-hybridized carbons (Fsp3) is 1.00. The van der Waals surface area contributed by atoms with Crippen LogP contribution in [-0.4, -0.2) is 43.3 Å². The van der Waals surface area contributed by atoms with Crippen molar-refractivity contribution in [2.45, 2.75) is 51.2 Å². The van der Waals surface area contributed by atoms with Crippen LogP contribution < -0.4 is 5.73 Å². The second-order valence-corrected chi connectivity index (χ2v) is 5.51. The zero-order valence-corrected chi connectivity index (χ0v) is 10.5. The number of nitrogens with zero attached hydrogens (tertiary/aromatic N) is 1. The van der Waals surface area contributed by atoms with Gasteiger partial charge in [-0.2, -0.15) is 0 Å². The Morgan fingerprint density at radius 3 is 2.69 bits per heavy atom. The topological polar surface area (TPSA) is 38.5 Å². The minimum Gasteiger partial charge on any atom is -0.377 e. The number of piperidine rings is 1. The molecule has 0 aromatic carbocycles. The normalized spacial score (nSPS) is 33.4. The lowest BCUT2D eigenvalue weighted by molar-refractivity contribution is 0.0329. The molecule has 94 valence electrons.